The number of carbonyl (C=O) groups is 1. The van der Waals surface area contributed by atoms with Gasteiger partial charge in [-0.1, -0.05) is 105 Å². The van der Waals surface area contributed by atoms with E-state index in [0.717, 1.165) is 10.4 Å². The normalized spacial score (nSPS) is 23.2. The van der Waals surface area contributed by atoms with Crippen LogP contribution in [0.5, 0.6) is 0 Å². The third-order valence-electron chi connectivity index (χ3n) is 8.06. The predicted molar refractivity (Wildman–Crippen MR) is 163 cm³/mol. The molecule has 0 saturated carbocycles. The zero-order chi connectivity index (χ0) is 28.8. The largest absolute Gasteiger partial charge is 0.458 e. The minimum Gasteiger partial charge on any atom is -0.458 e. The second kappa shape index (κ2) is 13.1. The number of esters is 1. The Morgan fingerprint density at radius 1 is 1.02 bits per heavy atom. The number of carbonyl (C=O) groups excluding carboxylic acids is 1. The Kier molecular flexibility index (Phi) is 9.76. The van der Waals surface area contributed by atoms with Gasteiger partial charge in [0.1, 0.15) is 17.6 Å². The predicted octanol–water partition coefficient (Wildman–Crippen LogP) is 5.93. The Labute approximate surface area is 241 Å². The third kappa shape index (κ3) is 6.14. The molecular formula is C31H37N3O4SSi. The van der Waals surface area contributed by atoms with Crippen LogP contribution in [-0.2, 0) is 9.47 Å². The van der Waals surface area contributed by atoms with Crippen molar-refractivity contribution in [1.29, 1.82) is 0 Å². The molecule has 1 fully saturated rings. The van der Waals surface area contributed by atoms with E-state index in [1.54, 1.807) is 36.0 Å². The summed E-state index contributed by atoms with van der Waals surface area (Å²) in [5, 5.41) is 5.48. The fraction of sp³-hybridized carbons (Fsp3) is 0.387. The van der Waals surface area contributed by atoms with Crippen molar-refractivity contribution in [1.82, 2.24) is 0 Å². The van der Waals surface area contributed by atoms with Crippen molar-refractivity contribution in [3.63, 3.8) is 0 Å². The van der Waals surface area contributed by atoms with Crippen LogP contribution in [0.3, 0.4) is 0 Å². The molecule has 3 aromatic carbocycles. The summed E-state index contributed by atoms with van der Waals surface area (Å²) in [6.45, 7) is 6.17. The van der Waals surface area contributed by atoms with Crippen LogP contribution >= 0.6 is 11.8 Å². The molecule has 0 radical (unpaired) electrons. The molecule has 0 bridgehead atoms. The Bertz CT molecular complexity index is 1270. The van der Waals surface area contributed by atoms with Crippen molar-refractivity contribution in [3.05, 3.63) is 107 Å². The smallest absolute Gasteiger partial charge is 0.338 e. The van der Waals surface area contributed by atoms with E-state index in [0.29, 0.717) is 18.4 Å². The zero-order valence-electron chi connectivity index (χ0n) is 23.4. The van der Waals surface area contributed by atoms with Gasteiger partial charge in [-0.3, -0.25) is 0 Å². The summed E-state index contributed by atoms with van der Waals surface area (Å²) in [6, 6.07) is 27.9. The molecule has 40 heavy (non-hydrogen) atoms. The van der Waals surface area contributed by atoms with Gasteiger partial charge in [0.05, 0.1) is 11.7 Å². The lowest BCUT2D eigenvalue weighted by Gasteiger charge is -2.45. The van der Waals surface area contributed by atoms with E-state index in [2.05, 4.69) is 23.9 Å². The third-order valence-corrected chi connectivity index (χ3v) is 13.6. The Morgan fingerprint density at radius 3 is 2.05 bits per heavy atom. The van der Waals surface area contributed by atoms with Crippen LogP contribution in [0.15, 0.2) is 96.1 Å². The summed E-state index contributed by atoms with van der Waals surface area (Å²) in [5.74, 6) is -0.645. The van der Waals surface area contributed by atoms with Gasteiger partial charge in [-0.15, -0.1) is 11.8 Å². The number of ether oxygens (including phenoxy) is 2. The van der Waals surface area contributed by atoms with Crippen LogP contribution in [-0.4, -0.2) is 49.0 Å². The maximum Gasteiger partial charge on any atom is 0.338 e. The molecule has 5 atom stereocenters. The molecule has 1 heterocycles. The van der Waals surface area contributed by atoms with Crippen molar-refractivity contribution >= 4 is 36.4 Å². The van der Waals surface area contributed by atoms with E-state index in [1.165, 1.54) is 0 Å². The minimum atomic E-state index is -3.23. The molecule has 7 nitrogen and oxygen atoms in total. The molecule has 1 aliphatic heterocycles. The molecule has 2 unspecified atom stereocenters. The van der Waals surface area contributed by atoms with Gasteiger partial charge in [-0.25, -0.2) is 4.79 Å². The van der Waals surface area contributed by atoms with Crippen molar-refractivity contribution in [2.24, 2.45) is 11.0 Å². The van der Waals surface area contributed by atoms with Gasteiger partial charge in [-0.2, -0.15) is 0 Å². The number of benzene rings is 3. The lowest BCUT2D eigenvalue weighted by atomic mass is 9.88. The highest BCUT2D eigenvalue weighted by molar-refractivity contribution is 7.99. The first-order valence-electron chi connectivity index (χ1n) is 13.5. The number of hydrogen-bond donors (Lipinski definition) is 1. The Morgan fingerprint density at radius 2 is 1.55 bits per heavy atom. The van der Waals surface area contributed by atoms with Gasteiger partial charge < -0.3 is 14.3 Å². The van der Waals surface area contributed by atoms with Crippen molar-refractivity contribution in [2.75, 3.05) is 6.26 Å². The van der Waals surface area contributed by atoms with Crippen LogP contribution in [0.2, 0.25) is 5.04 Å². The molecule has 3 aromatic rings. The molecular weight excluding hydrogens is 539 g/mol. The van der Waals surface area contributed by atoms with Crippen LogP contribution in [0.25, 0.3) is 10.4 Å². The summed E-state index contributed by atoms with van der Waals surface area (Å²) in [6.07, 6.45) is 1.96. The number of hydrogen-bond acceptors (Lipinski definition) is 6. The molecule has 9 heteroatoms. The summed E-state index contributed by atoms with van der Waals surface area (Å²) < 4.78 is 12.5. The van der Waals surface area contributed by atoms with Crippen molar-refractivity contribution < 1.29 is 19.1 Å². The van der Waals surface area contributed by atoms with E-state index in [4.69, 9.17) is 9.47 Å². The minimum absolute atomic E-state index is 0.192. The van der Waals surface area contributed by atoms with Gasteiger partial charge in [0.15, 0.2) is 0 Å². The lowest BCUT2D eigenvalue weighted by Crippen LogP contribution is -2.65. The van der Waals surface area contributed by atoms with Crippen molar-refractivity contribution in [2.45, 2.75) is 62.3 Å². The number of thioether (sulfide) groups is 1. The van der Waals surface area contributed by atoms with E-state index in [1.807, 2.05) is 79.9 Å². The standard InChI is InChI=1S/C31H37N3O4SSi/c1-22-28(38-29(35)23-14-8-5-9-15-23)27(33-34-32)26(37-30(22)39-4)20-21-31(2,3)40(36,24-16-10-6-11-17-24)25-18-12-7-13-19-25/h5-19,22,26-28,30,36H,20-21H2,1-4H3/t22-,26?,27-,28?,30-/m0/s1. The second-order valence-corrected chi connectivity index (χ2v) is 15.8. The highest BCUT2D eigenvalue weighted by Gasteiger charge is 2.51. The van der Waals surface area contributed by atoms with Crippen LogP contribution < -0.4 is 10.4 Å². The molecule has 1 N–H and O–H groups in total. The Balaban J connectivity index is 1.63. The van der Waals surface area contributed by atoms with Crippen LogP contribution in [0.4, 0.5) is 0 Å². The highest BCUT2D eigenvalue weighted by Crippen LogP contribution is 2.43. The van der Waals surface area contributed by atoms with Gasteiger partial charge in [0.25, 0.3) is 8.32 Å². The second-order valence-electron chi connectivity index (χ2n) is 10.9. The van der Waals surface area contributed by atoms with E-state index < -0.39 is 37.6 Å². The highest BCUT2D eigenvalue weighted by atomic mass is 32.2. The number of nitrogens with zero attached hydrogens (tertiary/aromatic N) is 3. The van der Waals surface area contributed by atoms with Gasteiger partial charge in [0, 0.05) is 10.8 Å². The summed E-state index contributed by atoms with van der Waals surface area (Å²) in [5.41, 5.74) is 9.69. The van der Waals surface area contributed by atoms with Gasteiger partial charge >= 0.3 is 5.97 Å². The molecule has 0 amide bonds. The first-order chi connectivity index (χ1) is 19.2. The summed E-state index contributed by atoms with van der Waals surface area (Å²) >= 11 is 1.55. The van der Waals surface area contributed by atoms with Crippen LogP contribution in [0, 0.1) is 5.92 Å². The summed E-state index contributed by atoms with van der Waals surface area (Å²) in [4.78, 5) is 28.7. The molecule has 0 spiro atoms. The summed E-state index contributed by atoms with van der Waals surface area (Å²) in [7, 11) is -3.23. The average Bonchev–Trinajstić information content (AvgIpc) is 2.99. The zero-order valence-corrected chi connectivity index (χ0v) is 25.2. The number of azide groups is 1. The topological polar surface area (TPSA) is 105 Å². The quantitative estimate of drug-likeness (QED) is 0.106. The van der Waals surface area contributed by atoms with Gasteiger partial charge in [-0.05, 0) is 52.2 Å². The molecule has 210 valence electrons. The SMILES string of the molecule is CS[C@@H]1OC(CCC(C)(C)[Si](O)(c2ccccc2)c2ccccc2)[C@H](N=[N+]=[N-])C(OC(=O)c2ccccc2)[C@@H]1C. The van der Waals surface area contributed by atoms with Gasteiger partial charge in [0.2, 0.25) is 0 Å². The molecule has 0 aliphatic carbocycles. The van der Waals surface area contributed by atoms with E-state index >= 15 is 0 Å². The first kappa shape index (κ1) is 29.9. The van der Waals surface area contributed by atoms with Crippen molar-refractivity contribution in [3.8, 4) is 0 Å². The maximum atomic E-state index is 13.0. The fourth-order valence-electron chi connectivity index (χ4n) is 5.70. The number of rotatable bonds is 10. The lowest BCUT2D eigenvalue weighted by molar-refractivity contribution is -0.116. The maximum absolute atomic E-state index is 13.0. The Hall–Kier alpha value is -3.07. The molecule has 4 rings (SSSR count). The molecule has 1 aliphatic rings. The van der Waals surface area contributed by atoms with E-state index in [-0.39, 0.29) is 11.4 Å². The molecule has 1 saturated heterocycles. The molecule has 0 aromatic heterocycles. The average molecular weight is 576 g/mol. The first-order valence-corrected chi connectivity index (χ1v) is 16.8. The van der Waals surface area contributed by atoms with Crippen LogP contribution in [0.1, 0.15) is 44.0 Å². The fourth-order valence-corrected chi connectivity index (χ4v) is 10.3. The van der Waals surface area contributed by atoms with E-state index in [9.17, 15) is 15.1 Å². The monoisotopic (exact) mass is 575 g/mol.